The fourth-order valence-corrected chi connectivity index (χ4v) is 2.23. The molecular formula is C19H21ClN2O2. The number of benzene rings is 2. The van der Waals surface area contributed by atoms with Crippen LogP contribution in [-0.2, 0) is 11.2 Å². The number of hydrogen-bond acceptors (Lipinski definition) is 2. The lowest BCUT2D eigenvalue weighted by molar-refractivity contribution is -0.115. The van der Waals surface area contributed by atoms with E-state index in [1.165, 1.54) is 0 Å². The molecule has 0 saturated heterocycles. The van der Waals surface area contributed by atoms with Crippen molar-refractivity contribution >= 4 is 29.1 Å². The minimum absolute atomic E-state index is 0.108. The molecule has 0 spiro atoms. The van der Waals surface area contributed by atoms with E-state index >= 15 is 0 Å². The smallest absolute Gasteiger partial charge is 0.251 e. The van der Waals surface area contributed by atoms with Gasteiger partial charge >= 0.3 is 0 Å². The van der Waals surface area contributed by atoms with Crippen LogP contribution in [0.1, 0.15) is 36.2 Å². The van der Waals surface area contributed by atoms with Crippen LogP contribution in [-0.4, -0.2) is 17.9 Å². The zero-order chi connectivity index (χ0) is 17.5. The Morgan fingerprint density at radius 3 is 2.25 bits per heavy atom. The van der Waals surface area contributed by atoms with Gasteiger partial charge in [-0.15, -0.1) is 0 Å². The fraction of sp³-hybridized carbons (Fsp3) is 0.263. The summed E-state index contributed by atoms with van der Waals surface area (Å²) in [5, 5.41) is 6.37. The van der Waals surface area contributed by atoms with Crippen LogP contribution in [0.3, 0.4) is 0 Å². The van der Waals surface area contributed by atoms with Crippen molar-refractivity contribution < 1.29 is 9.59 Å². The van der Waals surface area contributed by atoms with Crippen LogP contribution in [0.25, 0.3) is 0 Å². The van der Waals surface area contributed by atoms with Crippen LogP contribution in [0.4, 0.5) is 5.69 Å². The molecule has 0 heterocycles. The number of rotatable bonds is 6. The summed E-state index contributed by atoms with van der Waals surface area (Å²) in [6, 6.07) is 14.2. The SMILES string of the molecule is CC[C@H](C)NC(=O)c1ccc(NC(=O)Cc2ccc(Cl)cc2)cc1. The summed E-state index contributed by atoms with van der Waals surface area (Å²) >= 11 is 5.83. The van der Waals surface area contributed by atoms with Crippen molar-refractivity contribution in [3.8, 4) is 0 Å². The Bertz CT molecular complexity index is 696. The van der Waals surface area contributed by atoms with Gasteiger partial charge in [-0.25, -0.2) is 0 Å². The quantitative estimate of drug-likeness (QED) is 0.830. The minimum atomic E-state index is -0.117. The van der Waals surface area contributed by atoms with Gasteiger partial charge in [0.15, 0.2) is 0 Å². The van der Waals surface area contributed by atoms with E-state index in [1.807, 2.05) is 26.0 Å². The lowest BCUT2D eigenvalue weighted by atomic mass is 10.1. The second-order valence-electron chi connectivity index (χ2n) is 5.71. The highest BCUT2D eigenvalue weighted by Crippen LogP contribution is 2.13. The van der Waals surface area contributed by atoms with E-state index in [9.17, 15) is 9.59 Å². The molecule has 0 aromatic heterocycles. The van der Waals surface area contributed by atoms with Crippen molar-refractivity contribution in [1.82, 2.24) is 5.32 Å². The van der Waals surface area contributed by atoms with E-state index < -0.39 is 0 Å². The van der Waals surface area contributed by atoms with Crippen molar-refractivity contribution in [2.24, 2.45) is 0 Å². The van der Waals surface area contributed by atoms with Crippen molar-refractivity contribution in [2.45, 2.75) is 32.7 Å². The molecule has 0 aliphatic heterocycles. The van der Waals surface area contributed by atoms with Gasteiger partial charge in [-0.1, -0.05) is 30.7 Å². The first-order valence-electron chi connectivity index (χ1n) is 7.93. The molecule has 1 atom stereocenters. The highest BCUT2D eigenvalue weighted by Gasteiger charge is 2.09. The first-order valence-corrected chi connectivity index (χ1v) is 8.31. The number of hydrogen-bond donors (Lipinski definition) is 2. The number of nitrogens with one attached hydrogen (secondary N) is 2. The summed E-state index contributed by atoms with van der Waals surface area (Å²) in [7, 11) is 0. The maximum atomic E-state index is 12.0. The summed E-state index contributed by atoms with van der Waals surface area (Å²) in [5.74, 6) is -0.225. The van der Waals surface area contributed by atoms with Crippen LogP contribution in [0, 0.1) is 0 Å². The largest absolute Gasteiger partial charge is 0.350 e. The van der Waals surface area contributed by atoms with E-state index in [0.29, 0.717) is 16.3 Å². The molecule has 0 radical (unpaired) electrons. The minimum Gasteiger partial charge on any atom is -0.350 e. The van der Waals surface area contributed by atoms with Gasteiger partial charge in [0.25, 0.3) is 5.91 Å². The van der Waals surface area contributed by atoms with Crippen LogP contribution < -0.4 is 10.6 Å². The van der Waals surface area contributed by atoms with Gasteiger partial charge in [-0.05, 0) is 55.3 Å². The molecule has 2 rings (SSSR count). The van der Waals surface area contributed by atoms with Gasteiger partial charge in [0.05, 0.1) is 6.42 Å². The van der Waals surface area contributed by atoms with Crippen molar-refractivity contribution in [1.29, 1.82) is 0 Å². The normalized spacial score (nSPS) is 11.6. The summed E-state index contributed by atoms with van der Waals surface area (Å²) < 4.78 is 0. The molecule has 2 aromatic carbocycles. The van der Waals surface area contributed by atoms with Crippen molar-refractivity contribution in [3.05, 3.63) is 64.7 Å². The van der Waals surface area contributed by atoms with E-state index in [0.717, 1.165) is 12.0 Å². The number of amides is 2. The molecular weight excluding hydrogens is 324 g/mol. The molecule has 0 bridgehead atoms. The lowest BCUT2D eigenvalue weighted by Crippen LogP contribution is -2.31. The highest BCUT2D eigenvalue weighted by atomic mass is 35.5. The first kappa shape index (κ1) is 18.0. The van der Waals surface area contributed by atoms with Gasteiger partial charge in [-0.2, -0.15) is 0 Å². The molecule has 0 saturated carbocycles. The molecule has 0 fully saturated rings. The van der Waals surface area contributed by atoms with Crippen molar-refractivity contribution in [3.63, 3.8) is 0 Å². The Morgan fingerprint density at radius 2 is 1.67 bits per heavy atom. The van der Waals surface area contributed by atoms with E-state index in [-0.39, 0.29) is 24.3 Å². The number of carbonyl (C=O) groups is 2. The van der Waals surface area contributed by atoms with Crippen molar-refractivity contribution in [2.75, 3.05) is 5.32 Å². The van der Waals surface area contributed by atoms with Gasteiger partial charge in [-0.3, -0.25) is 9.59 Å². The third-order valence-electron chi connectivity index (χ3n) is 3.70. The second kappa shape index (κ2) is 8.50. The van der Waals surface area contributed by atoms with Gasteiger partial charge in [0, 0.05) is 22.3 Å². The monoisotopic (exact) mass is 344 g/mol. The average molecular weight is 345 g/mol. The van der Waals surface area contributed by atoms with Crippen LogP contribution in [0.15, 0.2) is 48.5 Å². The zero-order valence-corrected chi connectivity index (χ0v) is 14.6. The van der Waals surface area contributed by atoms with Crippen LogP contribution in [0.5, 0.6) is 0 Å². The molecule has 2 amide bonds. The Morgan fingerprint density at radius 1 is 1.04 bits per heavy atom. The topological polar surface area (TPSA) is 58.2 Å². The Hall–Kier alpha value is -2.33. The molecule has 0 unspecified atom stereocenters. The maximum absolute atomic E-state index is 12.0. The predicted octanol–water partition coefficient (Wildman–Crippen LogP) is 4.05. The molecule has 2 N–H and O–H groups in total. The highest BCUT2D eigenvalue weighted by molar-refractivity contribution is 6.30. The first-order chi connectivity index (χ1) is 11.5. The molecule has 0 aliphatic carbocycles. The Balaban J connectivity index is 1.92. The van der Waals surface area contributed by atoms with Crippen LogP contribution >= 0.6 is 11.6 Å². The summed E-state index contributed by atoms with van der Waals surface area (Å²) in [4.78, 5) is 24.1. The Kier molecular flexibility index (Phi) is 6.38. The number of carbonyl (C=O) groups excluding carboxylic acids is 2. The number of anilines is 1. The van der Waals surface area contributed by atoms with Crippen LogP contribution in [0.2, 0.25) is 5.02 Å². The second-order valence-corrected chi connectivity index (χ2v) is 6.15. The third-order valence-corrected chi connectivity index (χ3v) is 3.95. The summed E-state index contributed by atoms with van der Waals surface area (Å²) in [5.41, 5.74) is 2.13. The molecule has 24 heavy (non-hydrogen) atoms. The summed E-state index contributed by atoms with van der Waals surface area (Å²) in [6.45, 7) is 3.98. The summed E-state index contributed by atoms with van der Waals surface area (Å²) in [6.07, 6.45) is 1.15. The fourth-order valence-electron chi connectivity index (χ4n) is 2.11. The van der Waals surface area contributed by atoms with E-state index in [1.54, 1.807) is 36.4 Å². The predicted molar refractivity (Wildman–Crippen MR) is 97.4 cm³/mol. The molecule has 2 aromatic rings. The zero-order valence-electron chi connectivity index (χ0n) is 13.8. The van der Waals surface area contributed by atoms with Gasteiger partial charge < -0.3 is 10.6 Å². The lowest BCUT2D eigenvalue weighted by Gasteiger charge is -2.12. The van der Waals surface area contributed by atoms with Gasteiger partial charge in [0.1, 0.15) is 0 Å². The molecule has 5 heteroatoms. The van der Waals surface area contributed by atoms with Gasteiger partial charge in [0.2, 0.25) is 5.91 Å². The number of halogens is 1. The average Bonchev–Trinajstić information content (AvgIpc) is 2.57. The maximum Gasteiger partial charge on any atom is 0.251 e. The van der Waals surface area contributed by atoms with E-state index in [2.05, 4.69) is 10.6 Å². The Labute approximate surface area is 147 Å². The molecule has 126 valence electrons. The molecule has 0 aliphatic rings. The third kappa shape index (κ3) is 5.39. The van der Waals surface area contributed by atoms with E-state index in [4.69, 9.17) is 11.6 Å². The molecule has 4 nitrogen and oxygen atoms in total. The standard InChI is InChI=1S/C19H21ClN2O2/c1-3-13(2)21-19(24)15-6-10-17(11-7-15)22-18(23)12-14-4-8-16(20)9-5-14/h4-11,13H,3,12H2,1-2H3,(H,21,24)(H,22,23)/t13-/m0/s1.